The van der Waals surface area contributed by atoms with Crippen LogP contribution in [0.1, 0.15) is 63.3 Å². The molecule has 0 saturated carbocycles. The van der Waals surface area contributed by atoms with Gasteiger partial charge in [0.1, 0.15) is 4.88 Å². The minimum atomic E-state index is -0.822. The molecule has 3 aliphatic rings. The molecule has 0 fully saturated rings. The van der Waals surface area contributed by atoms with Gasteiger partial charge in [0.2, 0.25) is 5.91 Å². The van der Waals surface area contributed by atoms with Crippen LogP contribution in [0, 0.1) is 0 Å². The SMILES string of the molecule is O=C(O)c1cc2c(s1)CCN(CCCCC13CCCc4cccc(c41)NC3=O)C2. The highest BCUT2D eigenvalue weighted by Gasteiger charge is 2.48. The van der Waals surface area contributed by atoms with Crippen LogP contribution in [0.4, 0.5) is 5.69 Å². The Hall–Kier alpha value is -2.18. The molecule has 0 saturated heterocycles. The molecule has 2 N–H and O–H groups in total. The van der Waals surface area contributed by atoms with Crippen LogP contribution in [0.2, 0.25) is 0 Å². The lowest BCUT2D eigenvalue weighted by molar-refractivity contribution is -0.121. The van der Waals surface area contributed by atoms with Crippen LogP contribution in [0.15, 0.2) is 24.3 Å². The number of fused-ring (bicyclic) bond motifs is 1. The number of hydrogen-bond donors (Lipinski definition) is 2. The first-order chi connectivity index (χ1) is 14.1. The lowest BCUT2D eigenvalue weighted by atomic mass is 9.68. The first-order valence-electron chi connectivity index (χ1n) is 10.6. The Morgan fingerprint density at radius 2 is 2.14 bits per heavy atom. The van der Waals surface area contributed by atoms with E-state index in [1.165, 1.54) is 32.9 Å². The Balaban J connectivity index is 1.20. The third-order valence-electron chi connectivity index (χ3n) is 6.85. The van der Waals surface area contributed by atoms with Crippen LogP contribution in [-0.4, -0.2) is 35.0 Å². The lowest BCUT2D eigenvalue weighted by Crippen LogP contribution is -2.37. The third-order valence-corrected chi connectivity index (χ3v) is 8.07. The van der Waals surface area contributed by atoms with Gasteiger partial charge in [-0.15, -0.1) is 11.3 Å². The number of nitrogens with zero attached hydrogens (tertiary/aromatic N) is 1. The molecular weight excluding hydrogens is 384 g/mol. The Bertz CT molecular complexity index is 982. The molecule has 1 unspecified atom stereocenters. The standard InChI is InChI=1S/C23H26N2O3S/c26-21(27)19-13-16-14-25(12-8-18(16)29-19)11-2-1-9-23-10-4-6-15-5-3-7-17(20(15)23)24-22(23)28/h3,5,7,13H,1-2,4,6,8-12,14H2,(H,24,28)(H,26,27). The van der Waals surface area contributed by atoms with Crippen molar-refractivity contribution in [1.29, 1.82) is 0 Å². The molecular formula is C23H26N2O3S. The molecule has 1 aliphatic carbocycles. The normalized spacial score (nSPS) is 22.8. The van der Waals surface area contributed by atoms with Gasteiger partial charge in [0.05, 0.1) is 5.41 Å². The summed E-state index contributed by atoms with van der Waals surface area (Å²) in [6, 6.07) is 8.13. The van der Waals surface area contributed by atoms with Gasteiger partial charge in [-0.25, -0.2) is 4.79 Å². The maximum atomic E-state index is 12.9. The number of carbonyl (C=O) groups excluding carboxylic acids is 1. The highest BCUT2D eigenvalue weighted by atomic mass is 32.1. The molecule has 6 heteroatoms. The van der Waals surface area contributed by atoms with Crippen molar-refractivity contribution in [2.24, 2.45) is 0 Å². The van der Waals surface area contributed by atoms with Crippen molar-refractivity contribution in [3.8, 4) is 0 Å². The molecule has 1 amide bonds. The molecule has 152 valence electrons. The van der Waals surface area contributed by atoms with E-state index >= 15 is 0 Å². The van der Waals surface area contributed by atoms with Crippen molar-refractivity contribution in [1.82, 2.24) is 4.90 Å². The Labute approximate surface area is 174 Å². The van der Waals surface area contributed by atoms with Crippen LogP contribution in [0.3, 0.4) is 0 Å². The second-order valence-electron chi connectivity index (χ2n) is 8.58. The second-order valence-corrected chi connectivity index (χ2v) is 9.71. The number of nitrogens with one attached hydrogen (secondary N) is 1. The molecule has 0 bridgehead atoms. The van der Waals surface area contributed by atoms with Gasteiger partial charge in [0.25, 0.3) is 0 Å². The number of aryl methyl sites for hydroxylation is 1. The van der Waals surface area contributed by atoms with Crippen LogP contribution in [-0.2, 0) is 29.6 Å². The van der Waals surface area contributed by atoms with E-state index in [9.17, 15) is 14.7 Å². The van der Waals surface area contributed by atoms with E-state index in [2.05, 4.69) is 22.3 Å². The fourth-order valence-corrected chi connectivity index (χ4v) is 6.47. The molecule has 1 aromatic carbocycles. The fourth-order valence-electron chi connectivity index (χ4n) is 5.47. The van der Waals surface area contributed by atoms with Crippen molar-refractivity contribution in [3.63, 3.8) is 0 Å². The molecule has 2 aliphatic heterocycles. The number of unbranched alkanes of at least 4 members (excludes halogenated alkanes) is 1. The van der Waals surface area contributed by atoms with Crippen LogP contribution < -0.4 is 5.32 Å². The number of hydrogen-bond acceptors (Lipinski definition) is 4. The number of aromatic carboxylic acids is 1. The summed E-state index contributed by atoms with van der Waals surface area (Å²) in [4.78, 5) is 28.2. The van der Waals surface area contributed by atoms with Crippen LogP contribution >= 0.6 is 11.3 Å². The Kier molecular flexibility index (Phi) is 4.71. The fraction of sp³-hybridized carbons (Fsp3) is 0.478. The lowest BCUT2D eigenvalue weighted by Gasteiger charge is -2.33. The summed E-state index contributed by atoms with van der Waals surface area (Å²) in [5.41, 5.74) is 4.52. The van der Waals surface area contributed by atoms with E-state index in [4.69, 9.17) is 0 Å². The van der Waals surface area contributed by atoms with Crippen LogP contribution in [0.5, 0.6) is 0 Å². The topological polar surface area (TPSA) is 69.6 Å². The number of amides is 1. The monoisotopic (exact) mass is 410 g/mol. The van der Waals surface area contributed by atoms with E-state index in [1.807, 2.05) is 12.1 Å². The first kappa shape index (κ1) is 18.8. The number of carboxylic acids is 1. The van der Waals surface area contributed by atoms with E-state index in [1.54, 1.807) is 0 Å². The van der Waals surface area contributed by atoms with Crippen LogP contribution in [0.25, 0.3) is 0 Å². The number of anilines is 1. The van der Waals surface area contributed by atoms with Crippen molar-refractivity contribution < 1.29 is 14.7 Å². The maximum absolute atomic E-state index is 12.9. The summed E-state index contributed by atoms with van der Waals surface area (Å²) in [5, 5.41) is 12.3. The highest BCUT2D eigenvalue weighted by Crippen LogP contribution is 2.49. The average molecular weight is 411 g/mol. The summed E-state index contributed by atoms with van der Waals surface area (Å²) < 4.78 is 0. The number of carbonyl (C=O) groups is 2. The molecule has 3 heterocycles. The molecule has 0 radical (unpaired) electrons. The summed E-state index contributed by atoms with van der Waals surface area (Å²) in [5.74, 6) is -0.626. The summed E-state index contributed by atoms with van der Waals surface area (Å²) in [6.45, 7) is 2.84. The van der Waals surface area contributed by atoms with Crippen molar-refractivity contribution >= 4 is 28.9 Å². The molecule has 5 rings (SSSR count). The molecule has 29 heavy (non-hydrogen) atoms. The Morgan fingerprint density at radius 1 is 1.24 bits per heavy atom. The molecule has 5 nitrogen and oxygen atoms in total. The molecule has 1 atom stereocenters. The largest absolute Gasteiger partial charge is 0.477 e. The number of rotatable bonds is 6. The van der Waals surface area contributed by atoms with Gasteiger partial charge in [-0.3, -0.25) is 9.69 Å². The summed E-state index contributed by atoms with van der Waals surface area (Å²) in [7, 11) is 0. The predicted molar refractivity (Wildman–Crippen MR) is 114 cm³/mol. The Morgan fingerprint density at radius 3 is 3.00 bits per heavy atom. The predicted octanol–water partition coefficient (Wildman–Crippen LogP) is 4.20. The van der Waals surface area contributed by atoms with Gasteiger partial charge in [-0.1, -0.05) is 18.6 Å². The zero-order valence-corrected chi connectivity index (χ0v) is 17.3. The zero-order valence-electron chi connectivity index (χ0n) is 16.5. The zero-order chi connectivity index (χ0) is 20.0. The minimum Gasteiger partial charge on any atom is -0.477 e. The highest BCUT2D eigenvalue weighted by molar-refractivity contribution is 7.14. The summed E-state index contributed by atoms with van der Waals surface area (Å²) in [6.07, 6.45) is 7.09. The quantitative estimate of drug-likeness (QED) is 0.700. The number of carboxylic acid groups (broad SMARTS) is 1. The molecule has 1 aromatic heterocycles. The van der Waals surface area contributed by atoms with E-state index in [0.717, 1.165) is 70.3 Å². The maximum Gasteiger partial charge on any atom is 0.345 e. The van der Waals surface area contributed by atoms with Gasteiger partial charge >= 0.3 is 5.97 Å². The van der Waals surface area contributed by atoms with Crippen molar-refractivity contribution in [3.05, 3.63) is 50.7 Å². The first-order valence-corrected chi connectivity index (χ1v) is 11.4. The van der Waals surface area contributed by atoms with Gasteiger partial charge in [-0.2, -0.15) is 0 Å². The number of thiophene rings is 1. The van der Waals surface area contributed by atoms with Crippen molar-refractivity contribution in [2.75, 3.05) is 18.4 Å². The minimum absolute atomic E-state index is 0.196. The van der Waals surface area contributed by atoms with E-state index in [0.29, 0.717) is 4.88 Å². The van der Waals surface area contributed by atoms with Gasteiger partial charge in [0.15, 0.2) is 0 Å². The average Bonchev–Trinajstić information content (AvgIpc) is 3.26. The van der Waals surface area contributed by atoms with Gasteiger partial charge < -0.3 is 10.4 Å². The van der Waals surface area contributed by atoms with E-state index in [-0.39, 0.29) is 11.3 Å². The van der Waals surface area contributed by atoms with Gasteiger partial charge in [0, 0.05) is 23.7 Å². The van der Waals surface area contributed by atoms with E-state index < -0.39 is 5.97 Å². The van der Waals surface area contributed by atoms with Gasteiger partial charge in [-0.05, 0) is 73.9 Å². The summed E-state index contributed by atoms with van der Waals surface area (Å²) >= 11 is 1.42. The smallest absolute Gasteiger partial charge is 0.345 e. The number of benzene rings is 1. The second kappa shape index (κ2) is 7.26. The molecule has 0 spiro atoms. The van der Waals surface area contributed by atoms with Crippen molar-refractivity contribution in [2.45, 2.75) is 56.9 Å². The third kappa shape index (κ3) is 3.19. The molecule has 2 aromatic rings.